The smallest absolute Gasteiger partial charge is 0.103 e. The Bertz CT molecular complexity index is 389. The molecular weight excluding hydrogens is 243 g/mol. The number of benzene rings is 1. The fourth-order valence-corrected chi connectivity index (χ4v) is 1.61. The number of aliphatic imine (C=N–C) groups is 1. The highest BCUT2D eigenvalue weighted by Crippen LogP contribution is 2.25. The third-order valence-corrected chi connectivity index (χ3v) is 3.25. The quantitative estimate of drug-likeness (QED) is 0.628. The van der Waals surface area contributed by atoms with Crippen LogP contribution >= 0.6 is 23.2 Å². The van der Waals surface area contributed by atoms with Gasteiger partial charge in [0.05, 0.1) is 10.0 Å². The Balaban J connectivity index is 2.83. The molecular formula is C12H16Cl2N2. The molecule has 1 N–H and O–H groups in total. The van der Waals surface area contributed by atoms with Gasteiger partial charge in [-0.15, -0.1) is 0 Å². The number of anilines is 1. The van der Waals surface area contributed by atoms with E-state index in [0.717, 1.165) is 17.9 Å². The monoisotopic (exact) mass is 258 g/mol. The first-order valence-electron chi connectivity index (χ1n) is 5.27. The van der Waals surface area contributed by atoms with Gasteiger partial charge >= 0.3 is 0 Å². The van der Waals surface area contributed by atoms with Crippen molar-refractivity contribution in [3.8, 4) is 0 Å². The van der Waals surface area contributed by atoms with E-state index in [1.807, 2.05) is 6.07 Å². The molecule has 16 heavy (non-hydrogen) atoms. The average Bonchev–Trinajstić information content (AvgIpc) is 2.29. The Morgan fingerprint density at radius 3 is 2.56 bits per heavy atom. The lowest BCUT2D eigenvalue weighted by Crippen LogP contribution is -2.20. The van der Waals surface area contributed by atoms with Gasteiger partial charge < -0.3 is 5.32 Å². The Kier molecular flexibility index (Phi) is 5.10. The highest BCUT2D eigenvalue weighted by molar-refractivity contribution is 6.42. The van der Waals surface area contributed by atoms with Crippen LogP contribution in [-0.2, 0) is 0 Å². The predicted octanol–water partition coefficient (Wildman–Crippen LogP) is 4.48. The van der Waals surface area contributed by atoms with E-state index < -0.39 is 0 Å². The fourth-order valence-electron chi connectivity index (χ4n) is 1.31. The standard InChI is InChI=1S/C12H16Cl2N2/c1-4-8(2)12(15-3)16-9-5-6-10(13)11(14)7-9/h5-8H,4H2,1-3H3,(H,15,16). The van der Waals surface area contributed by atoms with Crippen LogP contribution in [0.2, 0.25) is 10.0 Å². The Morgan fingerprint density at radius 2 is 2.06 bits per heavy atom. The molecule has 0 heterocycles. The molecule has 0 spiro atoms. The van der Waals surface area contributed by atoms with Crippen molar-refractivity contribution in [3.05, 3.63) is 28.2 Å². The van der Waals surface area contributed by atoms with Crippen molar-refractivity contribution in [2.75, 3.05) is 12.4 Å². The van der Waals surface area contributed by atoms with Gasteiger partial charge in [-0.1, -0.05) is 37.0 Å². The van der Waals surface area contributed by atoms with Gasteiger partial charge in [0.2, 0.25) is 0 Å². The molecule has 0 aliphatic carbocycles. The first-order chi connectivity index (χ1) is 7.58. The van der Waals surface area contributed by atoms with Crippen molar-refractivity contribution < 1.29 is 0 Å². The first-order valence-corrected chi connectivity index (χ1v) is 6.02. The summed E-state index contributed by atoms with van der Waals surface area (Å²) in [5.74, 6) is 1.36. The highest BCUT2D eigenvalue weighted by Gasteiger charge is 2.08. The maximum atomic E-state index is 5.94. The summed E-state index contributed by atoms with van der Waals surface area (Å²) in [4.78, 5) is 4.24. The van der Waals surface area contributed by atoms with E-state index in [1.54, 1.807) is 19.2 Å². The molecule has 0 amide bonds. The van der Waals surface area contributed by atoms with Crippen LogP contribution in [0, 0.1) is 5.92 Å². The van der Waals surface area contributed by atoms with Crippen LogP contribution in [0.15, 0.2) is 23.2 Å². The topological polar surface area (TPSA) is 24.4 Å². The molecule has 0 bridgehead atoms. The van der Waals surface area contributed by atoms with E-state index >= 15 is 0 Å². The van der Waals surface area contributed by atoms with E-state index in [9.17, 15) is 0 Å². The molecule has 0 fully saturated rings. The van der Waals surface area contributed by atoms with Gasteiger partial charge in [-0.05, 0) is 24.6 Å². The summed E-state index contributed by atoms with van der Waals surface area (Å²) in [5.41, 5.74) is 0.912. The molecule has 4 heteroatoms. The molecule has 0 aliphatic heterocycles. The molecule has 1 unspecified atom stereocenters. The first kappa shape index (κ1) is 13.3. The number of amidine groups is 1. The second-order valence-electron chi connectivity index (χ2n) is 3.67. The Labute approximate surface area is 107 Å². The van der Waals surface area contributed by atoms with E-state index in [4.69, 9.17) is 23.2 Å². The normalized spacial score (nSPS) is 13.7. The predicted molar refractivity (Wildman–Crippen MR) is 72.9 cm³/mol. The van der Waals surface area contributed by atoms with Crippen LogP contribution in [0.25, 0.3) is 0 Å². The zero-order valence-electron chi connectivity index (χ0n) is 9.72. The molecule has 0 saturated carbocycles. The van der Waals surface area contributed by atoms with Gasteiger partial charge in [-0.2, -0.15) is 0 Å². The van der Waals surface area contributed by atoms with Crippen molar-refractivity contribution >= 4 is 34.7 Å². The summed E-state index contributed by atoms with van der Waals surface area (Å²) in [7, 11) is 1.78. The molecule has 0 aliphatic rings. The minimum Gasteiger partial charge on any atom is -0.344 e. The van der Waals surface area contributed by atoms with Gasteiger partial charge in [0.15, 0.2) is 0 Å². The van der Waals surface area contributed by atoms with Crippen LogP contribution in [-0.4, -0.2) is 12.9 Å². The van der Waals surface area contributed by atoms with Crippen LogP contribution in [0.3, 0.4) is 0 Å². The zero-order valence-corrected chi connectivity index (χ0v) is 11.2. The summed E-state index contributed by atoms with van der Waals surface area (Å²) in [6.07, 6.45) is 1.04. The van der Waals surface area contributed by atoms with Crippen LogP contribution in [0.1, 0.15) is 20.3 Å². The lowest BCUT2D eigenvalue weighted by atomic mass is 10.1. The van der Waals surface area contributed by atoms with Gasteiger partial charge in [-0.3, -0.25) is 4.99 Å². The molecule has 0 saturated heterocycles. The van der Waals surface area contributed by atoms with Crippen molar-refractivity contribution in [2.24, 2.45) is 10.9 Å². The Morgan fingerprint density at radius 1 is 1.38 bits per heavy atom. The minimum absolute atomic E-state index is 0.402. The van der Waals surface area contributed by atoms with Gasteiger partial charge in [0.25, 0.3) is 0 Å². The molecule has 0 radical (unpaired) electrons. The summed E-state index contributed by atoms with van der Waals surface area (Å²) in [6.45, 7) is 4.26. The number of rotatable bonds is 3. The molecule has 1 aromatic carbocycles. The minimum atomic E-state index is 0.402. The second-order valence-corrected chi connectivity index (χ2v) is 4.49. The SMILES string of the molecule is CCC(C)C(=NC)Nc1ccc(Cl)c(Cl)c1. The highest BCUT2D eigenvalue weighted by atomic mass is 35.5. The van der Waals surface area contributed by atoms with E-state index in [0.29, 0.717) is 16.0 Å². The van der Waals surface area contributed by atoms with Gasteiger partial charge in [0.1, 0.15) is 5.84 Å². The van der Waals surface area contributed by atoms with Crippen molar-refractivity contribution in [1.29, 1.82) is 0 Å². The molecule has 1 aromatic rings. The van der Waals surface area contributed by atoms with Crippen molar-refractivity contribution in [1.82, 2.24) is 0 Å². The maximum Gasteiger partial charge on any atom is 0.103 e. The summed E-state index contributed by atoms with van der Waals surface area (Å²) in [5, 5.41) is 4.36. The lowest BCUT2D eigenvalue weighted by Gasteiger charge is -2.15. The number of nitrogens with one attached hydrogen (secondary N) is 1. The summed E-state index contributed by atoms with van der Waals surface area (Å²) >= 11 is 11.8. The van der Waals surface area contributed by atoms with Gasteiger partial charge in [-0.25, -0.2) is 0 Å². The Hall–Kier alpha value is -0.730. The van der Waals surface area contributed by atoms with Crippen molar-refractivity contribution in [2.45, 2.75) is 20.3 Å². The fraction of sp³-hybridized carbons (Fsp3) is 0.417. The number of hydrogen-bond acceptors (Lipinski definition) is 1. The number of halogens is 2. The third-order valence-electron chi connectivity index (χ3n) is 2.51. The zero-order chi connectivity index (χ0) is 12.1. The van der Waals surface area contributed by atoms with Crippen LogP contribution < -0.4 is 5.32 Å². The molecule has 0 aromatic heterocycles. The molecule has 1 atom stereocenters. The van der Waals surface area contributed by atoms with Gasteiger partial charge in [0, 0.05) is 18.7 Å². The number of hydrogen-bond donors (Lipinski definition) is 1. The average molecular weight is 259 g/mol. The van der Waals surface area contributed by atoms with E-state index in [-0.39, 0.29) is 0 Å². The summed E-state index contributed by atoms with van der Waals surface area (Å²) < 4.78 is 0. The number of nitrogens with zero attached hydrogens (tertiary/aromatic N) is 1. The molecule has 88 valence electrons. The lowest BCUT2D eigenvalue weighted by molar-refractivity contribution is 0.736. The maximum absolute atomic E-state index is 5.94. The van der Waals surface area contributed by atoms with Crippen LogP contribution in [0.5, 0.6) is 0 Å². The van der Waals surface area contributed by atoms with E-state index in [2.05, 4.69) is 24.2 Å². The third kappa shape index (κ3) is 3.39. The summed E-state index contributed by atoms with van der Waals surface area (Å²) in [6, 6.07) is 5.47. The van der Waals surface area contributed by atoms with Crippen molar-refractivity contribution in [3.63, 3.8) is 0 Å². The largest absolute Gasteiger partial charge is 0.344 e. The van der Waals surface area contributed by atoms with E-state index in [1.165, 1.54) is 0 Å². The molecule has 1 rings (SSSR count). The second kappa shape index (κ2) is 6.12. The molecule has 2 nitrogen and oxygen atoms in total. The van der Waals surface area contributed by atoms with Crippen LogP contribution in [0.4, 0.5) is 5.69 Å².